The molecule has 0 fully saturated rings. The van der Waals surface area contributed by atoms with Gasteiger partial charge in [-0.05, 0) is 53.8 Å². The SMILES string of the molecule is O=C(NCCc1cccc(Cl)c1)c1cccc(S(=O)(=O)NCc2cccs2)c1. The Morgan fingerprint density at radius 3 is 2.61 bits per heavy atom. The van der Waals surface area contributed by atoms with E-state index in [0.29, 0.717) is 23.6 Å². The van der Waals surface area contributed by atoms with Crippen LogP contribution < -0.4 is 10.0 Å². The molecule has 0 unspecified atom stereocenters. The molecular formula is C20H19ClN2O3S2. The lowest BCUT2D eigenvalue weighted by atomic mass is 10.1. The van der Waals surface area contributed by atoms with Crippen molar-refractivity contribution in [1.82, 2.24) is 10.0 Å². The zero-order valence-electron chi connectivity index (χ0n) is 14.9. The average molecular weight is 435 g/mol. The molecule has 0 atom stereocenters. The van der Waals surface area contributed by atoms with Crippen LogP contribution in [0.25, 0.3) is 0 Å². The summed E-state index contributed by atoms with van der Waals surface area (Å²) in [5.74, 6) is -0.322. The second kappa shape index (κ2) is 9.34. The van der Waals surface area contributed by atoms with Gasteiger partial charge in [0, 0.05) is 28.6 Å². The van der Waals surface area contributed by atoms with Crippen LogP contribution in [0.3, 0.4) is 0 Å². The van der Waals surface area contributed by atoms with Gasteiger partial charge < -0.3 is 5.32 Å². The fourth-order valence-electron chi connectivity index (χ4n) is 2.58. The summed E-state index contributed by atoms with van der Waals surface area (Å²) in [6.07, 6.45) is 0.632. The van der Waals surface area contributed by atoms with E-state index in [-0.39, 0.29) is 17.3 Å². The lowest BCUT2D eigenvalue weighted by molar-refractivity contribution is 0.0954. The monoisotopic (exact) mass is 434 g/mol. The van der Waals surface area contributed by atoms with Crippen molar-refractivity contribution in [2.75, 3.05) is 6.54 Å². The van der Waals surface area contributed by atoms with Gasteiger partial charge in [0.25, 0.3) is 5.91 Å². The number of rotatable bonds is 8. The maximum Gasteiger partial charge on any atom is 0.251 e. The lowest BCUT2D eigenvalue weighted by Crippen LogP contribution is -2.27. The Morgan fingerprint density at radius 1 is 1.04 bits per heavy atom. The van der Waals surface area contributed by atoms with Gasteiger partial charge in [-0.15, -0.1) is 11.3 Å². The van der Waals surface area contributed by atoms with Crippen molar-refractivity contribution in [2.24, 2.45) is 0 Å². The highest BCUT2D eigenvalue weighted by Crippen LogP contribution is 2.14. The minimum atomic E-state index is -3.70. The number of halogens is 1. The van der Waals surface area contributed by atoms with E-state index in [0.717, 1.165) is 10.4 Å². The molecule has 2 N–H and O–H groups in total. The Balaban J connectivity index is 1.60. The number of sulfonamides is 1. The van der Waals surface area contributed by atoms with Crippen LogP contribution in [-0.4, -0.2) is 20.9 Å². The van der Waals surface area contributed by atoms with Gasteiger partial charge >= 0.3 is 0 Å². The first kappa shape index (κ1) is 20.5. The molecule has 146 valence electrons. The second-order valence-electron chi connectivity index (χ2n) is 6.07. The molecule has 8 heteroatoms. The van der Waals surface area contributed by atoms with Crippen LogP contribution >= 0.6 is 22.9 Å². The van der Waals surface area contributed by atoms with Crippen LogP contribution in [-0.2, 0) is 23.0 Å². The third-order valence-electron chi connectivity index (χ3n) is 4.01. The summed E-state index contributed by atoms with van der Waals surface area (Å²) in [5, 5.41) is 5.34. The summed E-state index contributed by atoms with van der Waals surface area (Å²) in [6, 6.07) is 17.2. The summed E-state index contributed by atoms with van der Waals surface area (Å²) in [7, 11) is -3.70. The molecule has 28 heavy (non-hydrogen) atoms. The molecule has 0 spiro atoms. The minimum Gasteiger partial charge on any atom is -0.352 e. The molecule has 0 radical (unpaired) electrons. The molecule has 3 rings (SSSR count). The Kier molecular flexibility index (Phi) is 6.85. The van der Waals surface area contributed by atoms with Gasteiger partial charge in [-0.2, -0.15) is 0 Å². The first-order chi connectivity index (χ1) is 13.4. The largest absolute Gasteiger partial charge is 0.352 e. The van der Waals surface area contributed by atoms with Crippen molar-refractivity contribution < 1.29 is 13.2 Å². The number of benzene rings is 2. The maximum atomic E-state index is 12.5. The molecule has 1 amide bonds. The molecule has 5 nitrogen and oxygen atoms in total. The van der Waals surface area contributed by atoms with Gasteiger partial charge in [0.15, 0.2) is 0 Å². The van der Waals surface area contributed by atoms with Crippen LogP contribution in [0.15, 0.2) is 70.9 Å². The molecule has 0 aliphatic rings. The van der Waals surface area contributed by atoms with Crippen molar-refractivity contribution in [2.45, 2.75) is 17.9 Å². The van der Waals surface area contributed by atoms with Gasteiger partial charge in [-0.1, -0.05) is 35.9 Å². The smallest absolute Gasteiger partial charge is 0.251 e. The van der Waals surface area contributed by atoms with Crippen molar-refractivity contribution in [3.05, 3.63) is 87.1 Å². The second-order valence-corrected chi connectivity index (χ2v) is 9.30. The molecule has 0 saturated carbocycles. The fourth-order valence-corrected chi connectivity index (χ4v) is 4.58. The minimum absolute atomic E-state index is 0.0616. The highest BCUT2D eigenvalue weighted by Gasteiger charge is 2.16. The van der Waals surface area contributed by atoms with E-state index in [1.54, 1.807) is 18.2 Å². The van der Waals surface area contributed by atoms with Crippen LogP contribution in [0.5, 0.6) is 0 Å². The number of carbonyl (C=O) groups is 1. The number of thiophene rings is 1. The summed E-state index contributed by atoms with van der Waals surface area (Å²) >= 11 is 7.43. The van der Waals surface area contributed by atoms with E-state index in [1.165, 1.54) is 23.5 Å². The van der Waals surface area contributed by atoms with Crippen molar-refractivity contribution >= 4 is 38.9 Å². The highest BCUT2D eigenvalue weighted by atomic mass is 35.5. The quantitative estimate of drug-likeness (QED) is 0.565. The zero-order valence-corrected chi connectivity index (χ0v) is 17.3. The Morgan fingerprint density at radius 2 is 1.86 bits per heavy atom. The Bertz CT molecular complexity index is 1050. The number of hydrogen-bond donors (Lipinski definition) is 2. The summed E-state index contributed by atoms with van der Waals surface area (Å²) in [4.78, 5) is 13.4. The summed E-state index contributed by atoms with van der Waals surface area (Å²) in [6.45, 7) is 0.642. The molecule has 1 heterocycles. The predicted octanol–water partition coefficient (Wildman–Crippen LogP) is 3.85. The van der Waals surface area contributed by atoms with Gasteiger partial charge in [0.1, 0.15) is 0 Å². The molecule has 3 aromatic rings. The van der Waals surface area contributed by atoms with Gasteiger partial charge in [-0.3, -0.25) is 4.79 Å². The number of amides is 1. The van der Waals surface area contributed by atoms with E-state index in [1.807, 2.05) is 35.7 Å². The Hall–Kier alpha value is -2.19. The van der Waals surface area contributed by atoms with Gasteiger partial charge in [0.05, 0.1) is 4.90 Å². The van der Waals surface area contributed by atoms with Crippen LogP contribution in [0.2, 0.25) is 5.02 Å². The van der Waals surface area contributed by atoms with Crippen molar-refractivity contribution in [3.63, 3.8) is 0 Å². The van der Waals surface area contributed by atoms with E-state index in [4.69, 9.17) is 11.6 Å². The lowest BCUT2D eigenvalue weighted by Gasteiger charge is -2.09. The van der Waals surface area contributed by atoms with Crippen LogP contribution in [0.1, 0.15) is 20.8 Å². The average Bonchev–Trinajstić information content (AvgIpc) is 3.20. The number of nitrogens with one attached hydrogen (secondary N) is 2. The van der Waals surface area contributed by atoms with E-state index in [2.05, 4.69) is 10.0 Å². The standard InChI is InChI=1S/C20H19ClN2O3S2/c21-17-6-1-4-15(12-17)9-10-22-20(24)16-5-2-8-19(13-16)28(25,26)23-14-18-7-3-11-27-18/h1-8,11-13,23H,9-10,14H2,(H,22,24). The molecule has 0 aliphatic heterocycles. The first-order valence-electron chi connectivity index (χ1n) is 8.59. The maximum absolute atomic E-state index is 12.5. The third kappa shape index (κ3) is 5.65. The molecule has 0 saturated heterocycles. The number of hydrogen-bond acceptors (Lipinski definition) is 4. The highest BCUT2D eigenvalue weighted by molar-refractivity contribution is 7.89. The van der Waals surface area contributed by atoms with Crippen molar-refractivity contribution in [3.8, 4) is 0 Å². The fraction of sp³-hybridized carbons (Fsp3) is 0.150. The Labute approximate surface area is 173 Å². The van der Waals surface area contributed by atoms with E-state index >= 15 is 0 Å². The summed E-state index contributed by atoms with van der Waals surface area (Å²) < 4.78 is 27.5. The van der Waals surface area contributed by atoms with Crippen LogP contribution in [0, 0.1) is 0 Å². The van der Waals surface area contributed by atoms with Crippen LogP contribution in [0.4, 0.5) is 0 Å². The number of carbonyl (C=O) groups excluding carboxylic acids is 1. The summed E-state index contributed by atoms with van der Waals surface area (Å²) in [5.41, 5.74) is 1.31. The van der Waals surface area contributed by atoms with E-state index < -0.39 is 10.0 Å². The molecular weight excluding hydrogens is 416 g/mol. The topological polar surface area (TPSA) is 75.3 Å². The normalized spacial score (nSPS) is 11.3. The predicted molar refractivity (Wildman–Crippen MR) is 112 cm³/mol. The molecule has 1 aromatic heterocycles. The molecule has 0 bridgehead atoms. The molecule has 0 aliphatic carbocycles. The first-order valence-corrected chi connectivity index (χ1v) is 11.3. The van der Waals surface area contributed by atoms with Gasteiger partial charge in [-0.25, -0.2) is 13.1 Å². The van der Waals surface area contributed by atoms with Crippen molar-refractivity contribution in [1.29, 1.82) is 0 Å². The van der Waals surface area contributed by atoms with Gasteiger partial charge in [0.2, 0.25) is 10.0 Å². The zero-order chi connectivity index (χ0) is 20.0. The third-order valence-corrected chi connectivity index (χ3v) is 6.52. The van der Waals surface area contributed by atoms with E-state index in [9.17, 15) is 13.2 Å². The molecule has 2 aromatic carbocycles.